The van der Waals surface area contributed by atoms with E-state index in [2.05, 4.69) is 28.6 Å². The van der Waals surface area contributed by atoms with E-state index in [4.69, 9.17) is 10.5 Å². The molecule has 0 atom stereocenters. The molecule has 0 saturated heterocycles. The molecule has 2 N–H and O–H groups in total. The van der Waals surface area contributed by atoms with Crippen molar-refractivity contribution < 1.29 is 0 Å². The molecule has 1 rings (SSSR count). The number of guanidine groups is 1. The third-order valence-electron chi connectivity index (χ3n) is 2.78. The minimum Gasteiger partial charge on any atom is -0.350 e. The molecule has 0 heterocycles. The standard InChI is InChI=1S/C14H17N5/c1-4-14(2,3)19-13(17-10-16)18-12-7-5-11(9-15)6-8-12/h5-8H,4H2,1-3H3,(H2,17,18,19). The Hall–Kier alpha value is -2.53. The van der Waals surface area contributed by atoms with Crippen molar-refractivity contribution in [1.82, 2.24) is 5.32 Å². The molecule has 0 saturated carbocycles. The maximum Gasteiger partial charge on any atom is 0.212 e. The normalized spacial score (nSPS) is 11.3. The Morgan fingerprint density at radius 1 is 1.26 bits per heavy atom. The second-order valence-corrected chi connectivity index (χ2v) is 4.74. The lowest BCUT2D eigenvalue weighted by molar-refractivity contribution is 0.445. The van der Waals surface area contributed by atoms with Crippen LogP contribution in [0.4, 0.5) is 5.69 Å². The summed E-state index contributed by atoms with van der Waals surface area (Å²) in [5.41, 5.74) is 1.20. The van der Waals surface area contributed by atoms with E-state index in [9.17, 15) is 0 Å². The number of nitrogens with zero attached hydrogens (tertiary/aromatic N) is 3. The van der Waals surface area contributed by atoms with Crippen molar-refractivity contribution in [1.29, 1.82) is 10.5 Å². The van der Waals surface area contributed by atoms with E-state index in [1.54, 1.807) is 30.5 Å². The largest absolute Gasteiger partial charge is 0.350 e. The molecule has 1 aromatic carbocycles. The van der Waals surface area contributed by atoms with Crippen molar-refractivity contribution >= 4 is 11.6 Å². The fourth-order valence-corrected chi connectivity index (χ4v) is 1.31. The monoisotopic (exact) mass is 255 g/mol. The van der Waals surface area contributed by atoms with Crippen LogP contribution in [0, 0.1) is 22.8 Å². The first kappa shape index (κ1) is 14.5. The van der Waals surface area contributed by atoms with E-state index in [0.717, 1.165) is 12.1 Å². The lowest BCUT2D eigenvalue weighted by Crippen LogP contribution is -2.45. The molecule has 0 bridgehead atoms. The van der Waals surface area contributed by atoms with Crippen molar-refractivity contribution in [3.8, 4) is 12.3 Å². The fourth-order valence-electron chi connectivity index (χ4n) is 1.31. The Balaban J connectivity index is 2.83. The van der Waals surface area contributed by atoms with E-state index >= 15 is 0 Å². The predicted molar refractivity (Wildman–Crippen MR) is 75.3 cm³/mol. The Morgan fingerprint density at radius 3 is 2.37 bits per heavy atom. The van der Waals surface area contributed by atoms with Gasteiger partial charge < -0.3 is 10.6 Å². The Kier molecular flexibility index (Phi) is 4.91. The summed E-state index contributed by atoms with van der Waals surface area (Å²) < 4.78 is 0. The third kappa shape index (κ3) is 4.69. The van der Waals surface area contributed by atoms with Crippen molar-refractivity contribution in [2.24, 2.45) is 4.99 Å². The summed E-state index contributed by atoms with van der Waals surface area (Å²) in [6.07, 6.45) is 2.66. The zero-order valence-electron chi connectivity index (χ0n) is 11.4. The summed E-state index contributed by atoms with van der Waals surface area (Å²) in [5.74, 6) is 0.402. The summed E-state index contributed by atoms with van der Waals surface area (Å²) in [5, 5.41) is 23.6. The molecule has 1 aromatic rings. The predicted octanol–water partition coefficient (Wildman–Crippen LogP) is 2.59. The zero-order valence-corrected chi connectivity index (χ0v) is 11.4. The van der Waals surface area contributed by atoms with Gasteiger partial charge in [0.1, 0.15) is 0 Å². The van der Waals surface area contributed by atoms with Crippen LogP contribution in [-0.4, -0.2) is 11.5 Å². The van der Waals surface area contributed by atoms with Crippen molar-refractivity contribution in [3.63, 3.8) is 0 Å². The van der Waals surface area contributed by atoms with Gasteiger partial charge in [0.2, 0.25) is 12.2 Å². The van der Waals surface area contributed by atoms with Gasteiger partial charge >= 0.3 is 0 Å². The Labute approximate surface area is 113 Å². The van der Waals surface area contributed by atoms with Gasteiger partial charge in [0, 0.05) is 11.2 Å². The molecule has 98 valence electrons. The van der Waals surface area contributed by atoms with E-state index in [1.165, 1.54) is 0 Å². The van der Waals surface area contributed by atoms with Crippen molar-refractivity contribution in [3.05, 3.63) is 29.8 Å². The summed E-state index contributed by atoms with van der Waals surface area (Å²) in [6, 6.07) is 9.01. The second kappa shape index (κ2) is 6.42. The number of nitriles is 2. The van der Waals surface area contributed by atoms with Gasteiger partial charge in [0.25, 0.3) is 0 Å². The first-order valence-electron chi connectivity index (χ1n) is 6.03. The van der Waals surface area contributed by atoms with Crippen molar-refractivity contribution in [2.45, 2.75) is 32.7 Å². The summed E-state index contributed by atoms with van der Waals surface area (Å²) in [6.45, 7) is 6.11. The molecule has 0 unspecified atom stereocenters. The molecule has 0 aromatic heterocycles. The quantitative estimate of drug-likeness (QED) is 0.494. The van der Waals surface area contributed by atoms with Gasteiger partial charge in [-0.15, -0.1) is 4.99 Å². The molecule has 0 amide bonds. The summed E-state index contributed by atoms with van der Waals surface area (Å²) in [7, 11) is 0. The van der Waals surface area contributed by atoms with Crippen LogP contribution in [0.25, 0.3) is 0 Å². The van der Waals surface area contributed by atoms with Gasteiger partial charge in [-0.2, -0.15) is 10.5 Å². The number of rotatable bonds is 3. The molecule has 0 aliphatic rings. The molecule has 0 aliphatic carbocycles. The molecule has 5 heteroatoms. The molecular weight excluding hydrogens is 238 g/mol. The minimum atomic E-state index is -0.157. The average molecular weight is 255 g/mol. The fraction of sp³-hybridized carbons (Fsp3) is 0.357. The first-order valence-corrected chi connectivity index (χ1v) is 6.03. The van der Waals surface area contributed by atoms with E-state index in [1.807, 2.05) is 13.8 Å². The molecule has 0 radical (unpaired) electrons. The number of hydrogen-bond donors (Lipinski definition) is 2. The lowest BCUT2D eigenvalue weighted by Gasteiger charge is -2.26. The number of nitrogens with one attached hydrogen (secondary N) is 2. The molecule has 0 fully saturated rings. The van der Waals surface area contributed by atoms with Gasteiger partial charge in [-0.3, -0.25) is 0 Å². The van der Waals surface area contributed by atoms with Crippen LogP contribution in [0.5, 0.6) is 0 Å². The van der Waals surface area contributed by atoms with E-state index in [-0.39, 0.29) is 5.54 Å². The molecular formula is C14H17N5. The number of anilines is 1. The van der Waals surface area contributed by atoms with Gasteiger partial charge in [-0.25, -0.2) is 0 Å². The van der Waals surface area contributed by atoms with Crippen LogP contribution in [0.2, 0.25) is 0 Å². The van der Waals surface area contributed by atoms with Crippen LogP contribution in [-0.2, 0) is 0 Å². The number of aliphatic imine (C=N–C) groups is 1. The average Bonchev–Trinajstić information content (AvgIpc) is 2.39. The highest BCUT2D eigenvalue weighted by Gasteiger charge is 2.16. The Morgan fingerprint density at radius 2 is 1.89 bits per heavy atom. The van der Waals surface area contributed by atoms with Crippen molar-refractivity contribution in [2.75, 3.05) is 5.32 Å². The maximum atomic E-state index is 8.73. The zero-order chi connectivity index (χ0) is 14.3. The number of benzene rings is 1. The van der Waals surface area contributed by atoms with Crippen LogP contribution < -0.4 is 10.6 Å². The highest BCUT2D eigenvalue weighted by Crippen LogP contribution is 2.11. The highest BCUT2D eigenvalue weighted by atomic mass is 15.2. The lowest BCUT2D eigenvalue weighted by atomic mass is 10.0. The van der Waals surface area contributed by atoms with Gasteiger partial charge in [0.15, 0.2) is 0 Å². The Bertz CT molecular complexity index is 528. The molecule has 0 aliphatic heterocycles. The molecule has 5 nitrogen and oxygen atoms in total. The van der Waals surface area contributed by atoms with Gasteiger partial charge in [-0.1, -0.05) is 6.92 Å². The first-order chi connectivity index (χ1) is 9.00. The van der Waals surface area contributed by atoms with Crippen LogP contribution in [0.15, 0.2) is 29.3 Å². The van der Waals surface area contributed by atoms with E-state index < -0.39 is 0 Å². The van der Waals surface area contributed by atoms with Crippen LogP contribution in [0.1, 0.15) is 32.8 Å². The number of hydrogen-bond acceptors (Lipinski definition) is 3. The third-order valence-corrected chi connectivity index (χ3v) is 2.78. The molecule has 0 spiro atoms. The topological polar surface area (TPSA) is 84.0 Å². The SMILES string of the molecule is CCC(C)(C)N/C(=N/C#N)Nc1ccc(C#N)cc1. The van der Waals surface area contributed by atoms with Crippen LogP contribution >= 0.6 is 0 Å². The van der Waals surface area contributed by atoms with Crippen LogP contribution in [0.3, 0.4) is 0 Å². The molecule has 19 heavy (non-hydrogen) atoms. The van der Waals surface area contributed by atoms with Gasteiger partial charge in [-0.05, 0) is 44.5 Å². The van der Waals surface area contributed by atoms with Gasteiger partial charge in [0.05, 0.1) is 11.6 Å². The second-order valence-electron chi connectivity index (χ2n) is 4.74. The minimum absolute atomic E-state index is 0.157. The maximum absolute atomic E-state index is 8.73. The van der Waals surface area contributed by atoms with E-state index in [0.29, 0.717) is 11.5 Å². The summed E-state index contributed by atoms with van der Waals surface area (Å²) >= 11 is 0. The highest BCUT2D eigenvalue weighted by molar-refractivity contribution is 5.94. The summed E-state index contributed by atoms with van der Waals surface area (Å²) in [4.78, 5) is 3.73. The smallest absolute Gasteiger partial charge is 0.212 e.